The Hall–Kier alpha value is -3.27. The minimum absolute atomic E-state index is 0.157. The number of aromatic nitrogens is 2. The van der Waals surface area contributed by atoms with Crippen molar-refractivity contribution < 1.29 is 8.78 Å². The van der Waals surface area contributed by atoms with E-state index < -0.39 is 17.7 Å². The van der Waals surface area contributed by atoms with E-state index in [-0.39, 0.29) is 16.7 Å². The van der Waals surface area contributed by atoms with Crippen LogP contribution in [0.25, 0.3) is 10.9 Å². The first-order valence-corrected chi connectivity index (χ1v) is 7.53. The second-order valence-electron chi connectivity index (χ2n) is 5.63. The van der Waals surface area contributed by atoms with Crippen molar-refractivity contribution in [2.75, 3.05) is 5.32 Å². The van der Waals surface area contributed by atoms with Gasteiger partial charge >= 0.3 is 0 Å². The third-order valence-corrected chi connectivity index (χ3v) is 4.07. The van der Waals surface area contributed by atoms with E-state index in [1.807, 2.05) is 6.07 Å². The molecule has 1 N–H and O–H groups in total. The van der Waals surface area contributed by atoms with Crippen molar-refractivity contribution in [3.63, 3.8) is 0 Å². The van der Waals surface area contributed by atoms with Crippen LogP contribution in [0.1, 0.15) is 24.1 Å². The molecule has 0 aliphatic rings. The Morgan fingerprint density at radius 3 is 2.76 bits per heavy atom. The fourth-order valence-corrected chi connectivity index (χ4v) is 2.75. The molecule has 1 atom stereocenters. The van der Waals surface area contributed by atoms with Gasteiger partial charge in [0.15, 0.2) is 11.6 Å². The number of fused-ring (bicyclic) bond motifs is 1. The lowest BCUT2D eigenvalue weighted by Gasteiger charge is -2.18. The Labute approximate surface area is 142 Å². The molecule has 0 unspecified atom stereocenters. The third kappa shape index (κ3) is 2.83. The summed E-state index contributed by atoms with van der Waals surface area (Å²) < 4.78 is 28.8. The van der Waals surface area contributed by atoms with Crippen molar-refractivity contribution in [2.45, 2.75) is 13.0 Å². The Morgan fingerprint density at radius 1 is 1.28 bits per heavy atom. The predicted octanol–water partition coefficient (Wildman–Crippen LogP) is 3.26. The molecule has 7 heteroatoms. The second kappa shape index (κ2) is 6.32. The molecule has 1 aromatic carbocycles. The molecule has 0 aliphatic heterocycles. The largest absolute Gasteiger partial charge is 0.363 e. The van der Waals surface area contributed by atoms with Crippen molar-refractivity contribution in [1.82, 2.24) is 9.55 Å². The van der Waals surface area contributed by atoms with Crippen molar-refractivity contribution in [1.29, 1.82) is 5.26 Å². The number of nitrogens with zero attached hydrogens (tertiary/aromatic N) is 3. The second-order valence-corrected chi connectivity index (χ2v) is 5.63. The number of pyridine rings is 2. The molecule has 3 rings (SSSR count). The summed E-state index contributed by atoms with van der Waals surface area (Å²) in [6, 6.07) is 8.32. The van der Waals surface area contributed by atoms with Gasteiger partial charge in [0, 0.05) is 30.3 Å². The van der Waals surface area contributed by atoms with Crippen LogP contribution >= 0.6 is 0 Å². The molecule has 0 saturated carbocycles. The molecule has 2 aromatic heterocycles. The fraction of sp³-hybridized carbons (Fsp3) is 0.167. The van der Waals surface area contributed by atoms with Gasteiger partial charge in [-0.2, -0.15) is 5.26 Å². The lowest BCUT2D eigenvalue weighted by molar-refractivity contribution is 0.494. The number of nitrogens with one attached hydrogen (secondary N) is 1. The average Bonchev–Trinajstić information content (AvgIpc) is 2.60. The van der Waals surface area contributed by atoms with Gasteiger partial charge in [-0.25, -0.2) is 13.8 Å². The highest BCUT2D eigenvalue weighted by atomic mass is 19.2. The number of hydrogen-bond donors (Lipinski definition) is 1. The zero-order valence-corrected chi connectivity index (χ0v) is 13.5. The lowest BCUT2D eigenvalue weighted by atomic mass is 10.1. The molecule has 0 radical (unpaired) electrons. The van der Waals surface area contributed by atoms with Crippen LogP contribution in [0.15, 0.2) is 41.3 Å². The molecule has 3 aromatic rings. The molecule has 0 aliphatic carbocycles. The first-order valence-electron chi connectivity index (χ1n) is 7.53. The number of anilines is 1. The molecule has 0 spiro atoms. The average molecular weight is 340 g/mol. The summed E-state index contributed by atoms with van der Waals surface area (Å²) >= 11 is 0. The standard InChI is InChI=1S/C18H14F2N4O/c1-10(12-4-3-5-14(19)16(12)20)23-18-13-6-7-15(25)24(2)17(13)11(8-21)9-22-18/h3-7,9-10H,1-2H3,(H,22,23)/t10-/m1/s1. The van der Waals surface area contributed by atoms with E-state index in [4.69, 9.17) is 0 Å². The van der Waals surface area contributed by atoms with E-state index >= 15 is 0 Å². The molecule has 5 nitrogen and oxygen atoms in total. The molecule has 0 fully saturated rings. The van der Waals surface area contributed by atoms with Crippen LogP contribution in [0.2, 0.25) is 0 Å². The van der Waals surface area contributed by atoms with Crippen molar-refractivity contribution >= 4 is 16.7 Å². The van der Waals surface area contributed by atoms with Gasteiger partial charge in [-0.3, -0.25) is 4.79 Å². The number of nitriles is 1. The van der Waals surface area contributed by atoms with Crippen molar-refractivity contribution in [3.8, 4) is 6.07 Å². The molecule has 0 amide bonds. The maximum atomic E-state index is 14.0. The van der Waals surface area contributed by atoms with Gasteiger partial charge in [0.05, 0.1) is 17.1 Å². The summed E-state index contributed by atoms with van der Waals surface area (Å²) in [7, 11) is 1.56. The van der Waals surface area contributed by atoms with Crippen molar-refractivity contribution in [2.24, 2.45) is 7.05 Å². The molecular formula is C18H14F2N4O. The van der Waals surface area contributed by atoms with Crippen LogP contribution in [-0.2, 0) is 7.05 Å². The SMILES string of the molecule is C[C@@H](Nc1ncc(C#N)c2c1ccc(=O)n2C)c1cccc(F)c1F. The number of halogens is 2. The zero-order valence-electron chi connectivity index (χ0n) is 13.5. The zero-order chi connectivity index (χ0) is 18.1. The normalized spacial score (nSPS) is 12.0. The summed E-state index contributed by atoms with van der Waals surface area (Å²) in [5.41, 5.74) is 0.583. The lowest BCUT2D eigenvalue weighted by Crippen LogP contribution is -2.17. The van der Waals surface area contributed by atoms with E-state index in [2.05, 4.69) is 10.3 Å². The van der Waals surface area contributed by atoms with Crippen LogP contribution in [0.3, 0.4) is 0 Å². The highest BCUT2D eigenvalue weighted by Crippen LogP contribution is 2.27. The van der Waals surface area contributed by atoms with Gasteiger partial charge in [0.2, 0.25) is 0 Å². The van der Waals surface area contributed by atoms with E-state index in [9.17, 15) is 18.8 Å². The maximum absolute atomic E-state index is 14.0. The Bertz CT molecular complexity index is 1070. The topological polar surface area (TPSA) is 70.7 Å². The van der Waals surface area contributed by atoms with Crippen LogP contribution in [0, 0.1) is 23.0 Å². The van der Waals surface area contributed by atoms with Gasteiger partial charge in [-0.15, -0.1) is 0 Å². The maximum Gasteiger partial charge on any atom is 0.250 e. The molecular weight excluding hydrogens is 326 g/mol. The van der Waals surface area contributed by atoms with Crippen molar-refractivity contribution in [3.05, 3.63) is 69.6 Å². The molecule has 0 bridgehead atoms. The van der Waals surface area contributed by atoms with Crippen LogP contribution in [0.4, 0.5) is 14.6 Å². The number of hydrogen-bond acceptors (Lipinski definition) is 4. The van der Waals surface area contributed by atoms with E-state index in [1.54, 1.807) is 20.0 Å². The van der Waals surface area contributed by atoms with Crippen LogP contribution in [-0.4, -0.2) is 9.55 Å². The van der Waals surface area contributed by atoms with E-state index in [0.717, 1.165) is 6.07 Å². The molecule has 126 valence electrons. The third-order valence-electron chi connectivity index (χ3n) is 4.07. The van der Waals surface area contributed by atoms with Gasteiger partial charge in [0.1, 0.15) is 11.9 Å². The highest BCUT2D eigenvalue weighted by Gasteiger charge is 2.17. The van der Waals surface area contributed by atoms with Crippen LogP contribution in [0.5, 0.6) is 0 Å². The monoisotopic (exact) mass is 340 g/mol. The summed E-state index contributed by atoms with van der Waals surface area (Å²) in [5.74, 6) is -1.47. The highest BCUT2D eigenvalue weighted by molar-refractivity contribution is 5.93. The van der Waals surface area contributed by atoms with E-state index in [0.29, 0.717) is 16.7 Å². The molecule has 2 heterocycles. The van der Waals surface area contributed by atoms with Crippen LogP contribution < -0.4 is 10.9 Å². The Kier molecular flexibility index (Phi) is 4.19. The first kappa shape index (κ1) is 16.6. The summed E-state index contributed by atoms with van der Waals surface area (Å²) in [4.78, 5) is 16.1. The minimum atomic E-state index is -0.925. The summed E-state index contributed by atoms with van der Waals surface area (Å²) in [5, 5.41) is 12.8. The molecule has 25 heavy (non-hydrogen) atoms. The Morgan fingerprint density at radius 2 is 2.04 bits per heavy atom. The van der Waals surface area contributed by atoms with Gasteiger partial charge < -0.3 is 9.88 Å². The summed E-state index contributed by atoms with van der Waals surface area (Å²) in [6.45, 7) is 1.67. The number of aryl methyl sites for hydroxylation is 1. The quantitative estimate of drug-likeness (QED) is 0.794. The summed E-state index contributed by atoms with van der Waals surface area (Å²) in [6.07, 6.45) is 1.35. The smallest absolute Gasteiger partial charge is 0.250 e. The molecule has 0 saturated heterocycles. The predicted molar refractivity (Wildman–Crippen MR) is 90.1 cm³/mol. The van der Waals surface area contributed by atoms with Gasteiger partial charge in [-0.05, 0) is 19.1 Å². The number of rotatable bonds is 3. The van der Waals surface area contributed by atoms with E-state index in [1.165, 1.54) is 29.0 Å². The minimum Gasteiger partial charge on any atom is -0.363 e. The van der Waals surface area contributed by atoms with Gasteiger partial charge in [0.25, 0.3) is 5.56 Å². The first-order chi connectivity index (χ1) is 11.9. The Balaban J connectivity index is 2.11. The van der Waals surface area contributed by atoms with Gasteiger partial charge in [-0.1, -0.05) is 12.1 Å². The fourth-order valence-electron chi connectivity index (χ4n) is 2.75. The number of benzene rings is 1.